The molecule has 2 rings (SSSR count). The molecule has 94 valence electrons. The van der Waals surface area contributed by atoms with Gasteiger partial charge in [0.15, 0.2) is 0 Å². The Morgan fingerprint density at radius 1 is 0.944 bits per heavy atom. The van der Waals surface area contributed by atoms with Gasteiger partial charge in [-0.3, -0.25) is 0 Å². The van der Waals surface area contributed by atoms with Crippen LogP contribution in [0.2, 0.25) is 10.0 Å². The topological polar surface area (TPSA) is 9.23 Å². The molecule has 0 fully saturated rings. The fraction of sp³-hybridized carbons (Fsp3) is 0.143. The lowest BCUT2D eigenvalue weighted by Gasteiger charge is -2.09. The average Bonchev–Trinajstić information content (AvgIpc) is 2.39. The molecular weight excluding hydrogens is 382 g/mol. The summed E-state index contributed by atoms with van der Waals surface area (Å²) in [5.41, 5.74) is 1.98. The fourth-order valence-corrected chi connectivity index (χ4v) is 2.53. The van der Waals surface area contributed by atoms with Crippen molar-refractivity contribution in [2.45, 2.75) is 13.2 Å². The van der Waals surface area contributed by atoms with Gasteiger partial charge in [-0.15, -0.1) is 0 Å². The number of ether oxygens (including phenoxy) is 1. The van der Waals surface area contributed by atoms with E-state index in [4.69, 9.17) is 27.9 Å². The Balaban J connectivity index is 2.01. The molecule has 4 heteroatoms. The van der Waals surface area contributed by atoms with Gasteiger partial charge in [0.25, 0.3) is 0 Å². The molecule has 0 N–H and O–H groups in total. The van der Waals surface area contributed by atoms with Gasteiger partial charge in [0.2, 0.25) is 0 Å². The van der Waals surface area contributed by atoms with Crippen LogP contribution in [0.1, 0.15) is 11.1 Å². The SMILES string of the molecule is Clc1ccc(I)c(Cl)c1COCc1ccccc1. The summed E-state index contributed by atoms with van der Waals surface area (Å²) in [5, 5.41) is 1.32. The van der Waals surface area contributed by atoms with Crippen molar-refractivity contribution in [1.82, 2.24) is 0 Å². The van der Waals surface area contributed by atoms with E-state index >= 15 is 0 Å². The second-order valence-corrected chi connectivity index (χ2v) is 5.75. The number of hydrogen-bond acceptors (Lipinski definition) is 1. The zero-order chi connectivity index (χ0) is 13.0. The second kappa shape index (κ2) is 6.75. The summed E-state index contributed by atoms with van der Waals surface area (Å²) in [4.78, 5) is 0. The van der Waals surface area contributed by atoms with Gasteiger partial charge in [0, 0.05) is 14.2 Å². The van der Waals surface area contributed by atoms with E-state index in [2.05, 4.69) is 22.6 Å². The van der Waals surface area contributed by atoms with Gasteiger partial charge in [-0.25, -0.2) is 0 Å². The number of rotatable bonds is 4. The summed E-state index contributed by atoms with van der Waals surface area (Å²) in [7, 11) is 0. The normalized spacial score (nSPS) is 10.6. The lowest BCUT2D eigenvalue weighted by Crippen LogP contribution is -1.97. The molecule has 0 radical (unpaired) electrons. The molecular formula is C14H11Cl2IO. The van der Waals surface area contributed by atoms with Crippen LogP contribution >= 0.6 is 45.8 Å². The quantitative estimate of drug-likeness (QED) is 0.505. The first-order valence-corrected chi connectivity index (χ1v) is 7.26. The van der Waals surface area contributed by atoms with Crippen LogP contribution in [0.3, 0.4) is 0 Å². The highest BCUT2D eigenvalue weighted by Gasteiger charge is 2.09. The van der Waals surface area contributed by atoms with Gasteiger partial charge in [0.1, 0.15) is 0 Å². The highest BCUT2D eigenvalue weighted by molar-refractivity contribution is 14.1. The van der Waals surface area contributed by atoms with Crippen molar-refractivity contribution in [2.24, 2.45) is 0 Å². The number of benzene rings is 2. The lowest BCUT2D eigenvalue weighted by molar-refractivity contribution is 0.107. The summed E-state index contributed by atoms with van der Waals surface area (Å²) in [6, 6.07) is 13.8. The Morgan fingerprint density at radius 2 is 1.67 bits per heavy atom. The maximum Gasteiger partial charge on any atom is 0.0751 e. The Labute approximate surface area is 130 Å². The van der Waals surface area contributed by atoms with Crippen molar-refractivity contribution in [3.63, 3.8) is 0 Å². The maximum absolute atomic E-state index is 6.21. The molecule has 0 heterocycles. The minimum atomic E-state index is 0.420. The fourth-order valence-electron chi connectivity index (χ4n) is 1.55. The van der Waals surface area contributed by atoms with Crippen LogP contribution in [-0.2, 0) is 18.0 Å². The molecule has 2 aromatic rings. The molecule has 0 aliphatic rings. The molecule has 0 atom stereocenters. The maximum atomic E-state index is 6.21. The highest BCUT2D eigenvalue weighted by atomic mass is 127. The van der Waals surface area contributed by atoms with Gasteiger partial charge in [0.05, 0.1) is 18.2 Å². The summed E-state index contributed by atoms with van der Waals surface area (Å²) in [6.45, 7) is 0.975. The third kappa shape index (κ3) is 3.60. The first kappa shape index (κ1) is 14.1. The van der Waals surface area contributed by atoms with Crippen LogP contribution in [0, 0.1) is 3.57 Å². The van der Waals surface area contributed by atoms with E-state index in [1.165, 1.54) is 0 Å². The van der Waals surface area contributed by atoms with Gasteiger partial charge in [-0.1, -0.05) is 53.5 Å². The van der Waals surface area contributed by atoms with E-state index in [-0.39, 0.29) is 0 Å². The molecule has 0 saturated heterocycles. The molecule has 0 aromatic heterocycles. The summed E-state index contributed by atoms with van der Waals surface area (Å²) in [5.74, 6) is 0. The van der Waals surface area contributed by atoms with Crippen molar-refractivity contribution in [3.8, 4) is 0 Å². The molecule has 0 amide bonds. The van der Waals surface area contributed by atoms with E-state index in [1.807, 2.05) is 42.5 Å². The standard InChI is InChI=1S/C14H11Cl2IO/c15-12-6-7-13(17)14(16)11(12)9-18-8-10-4-2-1-3-5-10/h1-7H,8-9H2. The van der Waals surface area contributed by atoms with E-state index in [9.17, 15) is 0 Å². The largest absolute Gasteiger partial charge is 0.372 e. The van der Waals surface area contributed by atoms with E-state index in [1.54, 1.807) is 0 Å². The highest BCUT2D eigenvalue weighted by Crippen LogP contribution is 2.29. The van der Waals surface area contributed by atoms with E-state index < -0.39 is 0 Å². The van der Waals surface area contributed by atoms with Crippen molar-refractivity contribution in [2.75, 3.05) is 0 Å². The molecule has 2 aromatic carbocycles. The molecule has 0 aliphatic carbocycles. The van der Waals surface area contributed by atoms with Gasteiger partial charge in [-0.2, -0.15) is 0 Å². The monoisotopic (exact) mass is 392 g/mol. The van der Waals surface area contributed by atoms with Crippen molar-refractivity contribution in [1.29, 1.82) is 0 Å². The average molecular weight is 393 g/mol. The molecule has 0 aliphatic heterocycles. The predicted molar refractivity (Wildman–Crippen MR) is 84.1 cm³/mol. The molecule has 0 spiro atoms. The van der Waals surface area contributed by atoms with Crippen LogP contribution in [0.15, 0.2) is 42.5 Å². The zero-order valence-corrected chi connectivity index (χ0v) is 13.2. The summed E-state index contributed by atoms with van der Waals surface area (Å²) >= 11 is 14.5. The van der Waals surface area contributed by atoms with Crippen molar-refractivity contribution in [3.05, 3.63) is 67.2 Å². The molecule has 1 nitrogen and oxygen atoms in total. The minimum absolute atomic E-state index is 0.420. The van der Waals surface area contributed by atoms with Crippen LogP contribution in [0.4, 0.5) is 0 Å². The van der Waals surface area contributed by atoms with Gasteiger partial charge in [-0.05, 0) is 40.3 Å². The molecule has 0 saturated carbocycles. The Kier molecular flexibility index (Phi) is 5.30. The van der Waals surface area contributed by atoms with Gasteiger partial charge >= 0.3 is 0 Å². The minimum Gasteiger partial charge on any atom is -0.372 e. The Morgan fingerprint density at radius 3 is 2.39 bits per heavy atom. The lowest BCUT2D eigenvalue weighted by atomic mass is 10.2. The summed E-state index contributed by atoms with van der Waals surface area (Å²) < 4.78 is 6.63. The van der Waals surface area contributed by atoms with Crippen LogP contribution < -0.4 is 0 Å². The Hall–Kier alpha value is -0.290. The first-order valence-electron chi connectivity index (χ1n) is 5.42. The van der Waals surface area contributed by atoms with E-state index in [0.717, 1.165) is 14.7 Å². The van der Waals surface area contributed by atoms with Crippen molar-refractivity contribution >= 4 is 45.8 Å². The predicted octanol–water partition coefficient (Wildman–Crippen LogP) is 5.31. The second-order valence-electron chi connectivity index (χ2n) is 3.80. The van der Waals surface area contributed by atoms with Crippen LogP contribution in [-0.4, -0.2) is 0 Å². The third-order valence-corrected chi connectivity index (χ3v) is 4.50. The molecule has 0 unspecified atom stereocenters. The number of hydrogen-bond donors (Lipinski definition) is 0. The zero-order valence-electron chi connectivity index (χ0n) is 9.50. The summed E-state index contributed by atoms with van der Waals surface area (Å²) in [6.07, 6.45) is 0. The first-order chi connectivity index (χ1) is 8.68. The Bertz CT molecular complexity index is 529. The number of halogens is 3. The molecule has 18 heavy (non-hydrogen) atoms. The van der Waals surface area contributed by atoms with Crippen LogP contribution in [0.5, 0.6) is 0 Å². The molecule has 0 bridgehead atoms. The van der Waals surface area contributed by atoms with Gasteiger partial charge < -0.3 is 4.74 Å². The van der Waals surface area contributed by atoms with E-state index in [0.29, 0.717) is 23.3 Å². The van der Waals surface area contributed by atoms with Crippen molar-refractivity contribution < 1.29 is 4.74 Å². The van der Waals surface area contributed by atoms with Crippen LogP contribution in [0.25, 0.3) is 0 Å². The third-order valence-electron chi connectivity index (χ3n) is 2.50. The smallest absolute Gasteiger partial charge is 0.0751 e.